The summed E-state index contributed by atoms with van der Waals surface area (Å²) in [7, 11) is 0. The molecule has 0 bridgehead atoms. The molecule has 0 amide bonds. The van der Waals surface area contributed by atoms with Crippen LogP contribution in [-0.4, -0.2) is 12.6 Å². The molecule has 3 heteroatoms. The van der Waals surface area contributed by atoms with Crippen molar-refractivity contribution in [3.05, 3.63) is 66.1 Å². The Morgan fingerprint density at radius 1 is 0.833 bits per heavy atom. The average Bonchev–Trinajstić information content (AvgIpc) is 2.80. The van der Waals surface area contributed by atoms with Gasteiger partial charge >= 0.3 is 5.97 Å². The third kappa shape index (κ3) is 7.19. The van der Waals surface area contributed by atoms with Gasteiger partial charge in [0.1, 0.15) is 11.5 Å². The van der Waals surface area contributed by atoms with Gasteiger partial charge in [0.25, 0.3) is 0 Å². The lowest BCUT2D eigenvalue weighted by Crippen LogP contribution is -2.09. The maximum atomic E-state index is 12.4. The van der Waals surface area contributed by atoms with Gasteiger partial charge in [-0.2, -0.15) is 0 Å². The number of hydrogen-bond acceptors (Lipinski definition) is 3. The molecule has 0 aliphatic heterocycles. The van der Waals surface area contributed by atoms with Crippen LogP contribution >= 0.6 is 0 Å². The third-order valence-corrected chi connectivity index (χ3v) is 5.86. The van der Waals surface area contributed by atoms with E-state index >= 15 is 0 Å². The van der Waals surface area contributed by atoms with E-state index in [1.54, 1.807) is 12.1 Å². The van der Waals surface area contributed by atoms with Crippen LogP contribution in [-0.2, 0) is 0 Å². The van der Waals surface area contributed by atoms with Crippen LogP contribution in [0, 0.1) is 6.42 Å². The van der Waals surface area contributed by atoms with E-state index in [1.807, 2.05) is 24.3 Å². The molecule has 1 saturated carbocycles. The van der Waals surface area contributed by atoms with Gasteiger partial charge in [-0.3, -0.25) is 0 Å². The minimum atomic E-state index is -0.336. The Hall–Kier alpha value is -2.29. The van der Waals surface area contributed by atoms with Crippen molar-refractivity contribution in [3.63, 3.8) is 0 Å². The zero-order chi connectivity index (χ0) is 21.0. The number of esters is 1. The van der Waals surface area contributed by atoms with E-state index in [0.717, 1.165) is 18.8 Å². The van der Waals surface area contributed by atoms with Crippen molar-refractivity contribution in [2.24, 2.45) is 0 Å². The van der Waals surface area contributed by atoms with Gasteiger partial charge in [0, 0.05) is 0 Å². The van der Waals surface area contributed by atoms with Crippen molar-refractivity contribution >= 4 is 5.97 Å². The highest BCUT2D eigenvalue weighted by Crippen LogP contribution is 2.32. The van der Waals surface area contributed by atoms with Crippen molar-refractivity contribution in [1.82, 2.24) is 0 Å². The van der Waals surface area contributed by atoms with Gasteiger partial charge in [0.2, 0.25) is 0 Å². The van der Waals surface area contributed by atoms with Crippen molar-refractivity contribution in [2.45, 2.75) is 77.0 Å². The Morgan fingerprint density at radius 3 is 2.17 bits per heavy atom. The lowest BCUT2D eigenvalue weighted by atomic mass is 9.84. The number of unbranched alkanes of at least 4 members (excludes halogenated alkanes) is 5. The lowest BCUT2D eigenvalue weighted by molar-refractivity contribution is 0.0734. The predicted octanol–water partition coefficient (Wildman–Crippen LogP) is 7.51. The molecule has 3 rings (SSSR count). The molecule has 1 aliphatic carbocycles. The molecule has 0 heterocycles. The molecule has 2 aromatic carbocycles. The largest absolute Gasteiger partial charge is 0.494 e. The minimum absolute atomic E-state index is 0.336. The topological polar surface area (TPSA) is 35.5 Å². The van der Waals surface area contributed by atoms with Crippen molar-refractivity contribution < 1.29 is 14.3 Å². The second-order valence-corrected chi connectivity index (χ2v) is 8.24. The van der Waals surface area contributed by atoms with E-state index in [-0.39, 0.29) is 5.97 Å². The van der Waals surface area contributed by atoms with Crippen molar-refractivity contribution in [2.75, 3.05) is 6.61 Å². The highest BCUT2D eigenvalue weighted by atomic mass is 16.5. The van der Waals surface area contributed by atoms with Gasteiger partial charge in [0.15, 0.2) is 0 Å². The molecule has 161 valence electrons. The van der Waals surface area contributed by atoms with Crippen molar-refractivity contribution in [1.29, 1.82) is 0 Å². The van der Waals surface area contributed by atoms with E-state index in [2.05, 4.69) is 25.5 Å². The van der Waals surface area contributed by atoms with Gasteiger partial charge in [-0.15, -0.1) is 0 Å². The average molecular weight is 408 g/mol. The summed E-state index contributed by atoms with van der Waals surface area (Å²) in [6.07, 6.45) is 14.7. The van der Waals surface area contributed by atoms with Crippen LogP contribution in [0.2, 0.25) is 0 Å². The maximum absolute atomic E-state index is 12.4. The summed E-state index contributed by atoms with van der Waals surface area (Å²) in [5.74, 6) is 1.69. The molecule has 0 saturated heterocycles. The summed E-state index contributed by atoms with van der Waals surface area (Å²) in [4.78, 5) is 12.4. The molecular weight excluding hydrogens is 372 g/mol. The van der Waals surface area contributed by atoms with Crippen LogP contribution < -0.4 is 9.47 Å². The van der Waals surface area contributed by atoms with Crippen LogP contribution in [0.15, 0.2) is 48.5 Å². The molecule has 0 aromatic heterocycles. The van der Waals surface area contributed by atoms with Crippen LogP contribution in [0.1, 0.15) is 93.0 Å². The summed E-state index contributed by atoms with van der Waals surface area (Å²) in [6.45, 7) is 2.96. The van der Waals surface area contributed by atoms with E-state index in [9.17, 15) is 4.79 Å². The Labute approximate surface area is 181 Å². The number of carbonyl (C=O) groups excluding carboxylic acids is 1. The molecule has 2 aromatic rings. The van der Waals surface area contributed by atoms with E-state index in [0.29, 0.717) is 17.2 Å². The molecule has 1 radical (unpaired) electrons. The number of rotatable bonds is 11. The highest BCUT2D eigenvalue weighted by Gasteiger charge is 2.16. The van der Waals surface area contributed by atoms with E-state index < -0.39 is 0 Å². The molecule has 1 fully saturated rings. The van der Waals surface area contributed by atoms with Crippen LogP contribution in [0.4, 0.5) is 0 Å². The van der Waals surface area contributed by atoms with Crippen molar-refractivity contribution in [3.8, 4) is 11.5 Å². The quantitative estimate of drug-likeness (QED) is 0.220. The monoisotopic (exact) mass is 407 g/mol. The second-order valence-electron chi connectivity index (χ2n) is 8.24. The Kier molecular flexibility index (Phi) is 9.27. The maximum Gasteiger partial charge on any atom is 0.343 e. The standard InChI is InChI=1S/C27H35O3/c1-2-3-4-5-6-10-21-29-25-17-15-24(16-18-25)27(28)30-26-19-13-23(14-20-26)22-11-8-7-9-12-22/h7,13-20,22H,2-6,8-12,21H2,1H3. The van der Waals surface area contributed by atoms with Crippen LogP contribution in [0.5, 0.6) is 11.5 Å². The first-order chi connectivity index (χ1) is 14.8. The number of hydrogen-bond donors (Lipinski definition) is 0. The molecule has 0 spiro atoms. The second kappa shape index (κ2) is 12.4. The zero-order valence-corrected chi connectivity index (χ0v) is 18.3. The van der Waals surface area contributed by atoms with E-state index in [1.165, 1.54) is 63.4 Å². The first-order valence-electron chi connectivity index (χ1n) is 11.6. The van der Waals surface area contributed by atoms with Crippen LogP contribution in [0.3, 0.4) is 0 Å². The number of benzene rings is 2. The summed E-state index contributed by atoms with van der Waals surface area (Å²) < 4.78 is 11.3. The smallest absolute Gasteiger partial charge is 0.343 e. The Balaban J connectivity index is 1.42. The minimum Gasteiger partial charge on any atom is -0.494 e. The van der Waals surface area contributed by atoms with Gasteiger partial charge in [-0.25, -0.2) is 4.79 Å². The van der Waals surface area contributed by atoms with E-state index in [4.69, 9.17) is 9.47 Å². The number of ether oxygens (including phenoxy) is 2. The highest BCUT2D eigenvalue weighted by molar-refractivity contribution is 5.91. The van der Waals surface area contributed by atoms with Gasteiger partial charge in [0.05, 0.1) is 12.2 Å². The van der Waals surface area contributed by atoms with Gasteiger partial charge in [-0.1, -0.05) is 51.2 Å². The molecule has 30 heavy (non-hydrogen) atoms. The molecule has 0 atom stereocenters. The fraction of sp³-hybridized carbons (Fsp3) is 0.481. The molecular formula is C27H35O3. The molecule has 0 N–H and O–H groups in total. The Bertz CT molecular complexity index is 743. The molecule has 0 unspecified atom stereocenters. The van der Waals surface area contributed by atoms with Gasteiger partial charge in [-0.05, 0) is 86.4 Å². The summed E-state index contributed by atoms with van der Waals surface area (Å²) in [6, 6.07) is 15.2. The molecule has 3 nitrogen and oxygen atoms in total. The third-order valence-electron chi connectivity index (χ3n) is 5.86. The fourth-order valence-corrected chi connectivity index (χ4v) is 3.99. The van der Waals surface area contributed by atoms with Crippen LogP contribution in [0.25, 0.3) is 0 Å². The lowest BCUT2D eigenvalue weighted by Gasteiger charge is -2.21. The first-order valence-corrected chi connectivity index (χ1v) is 11.6. The summed E-state index contributed by atoms with van der Waals surface area (Å²) >= 11 is 0. The number of carbonyl (C=O) groups is 1. The summed E-state index contributed by atoms with van der Waals surface area (Å²) in [5.41, 5.74) is 1.88. The predicted molar refractivity (Wildman–Crippen MR) is 122 cm³/mol. The molecule has 1 aliphatic rings. The fourth-order valence-electron chi connectivity index (χ4n) is 3.99. The first kappa shape index (κ1) is 22.4. The SMILES string of the molecule is CCCCCCCCOc1ccc(C(=O)Oc2ccc(C3CC[CH]CC3)cc2)cc1. The normalized spacial score (nSPS) is 14.4. The Morgan fingerprint density at radius 2 is 1.47 bits per heavy atom. The van der Waals surface area contributed by atoms with Gasteiger partial charge < -0.3 is 9.47 Å². The zero-order valence-electron chi connectivity index (χ0n) is 18.3. The summed E-state index contributed by atoms with van der Waals surface area (Å²) in [5, 5.41) is 0.